The Balaban J connectivity index is 2.26. The molecular formula is C19H32N4O2S. The number of sulfonamides is 1. The van der Waals surface area contributed by atoms with Gasteiger partial charge in [0.05, 0.1) is 11.4 Å². The second kappa shape index (κ2) is 8.86. The number of nitrogens with one attached hydrogen (secondary N) is 2. The van der Waals surface area contributed by atoms with Gasteiger partial charge in [-0.1, -0.05) is 24.6 Å². The van der Waals surface area contributed by atoms with Crippen LogP contribution in [0.2, 0.25) is 0 Å². The zero-order valence-electron chi connectivity index (χ0n) is 16.4. The lowest BCUT2D eigenvalue weighted by atomic mass is 10.1. The van der Waals surface area contributed by atoms with Gasteiger partial charge in [-0.25, -0.2) is 13.4 Å². The first-order valence-electron chi connectivity index (χ1n) is 9.38. The van der Waals surface area contributed by atoms with E-state index in [-0.39, 0.29) is 5.54 Å². The molecule has 6 nitrogen and oxygen atoms in total. The van der Waals surface area contributed by atoms with Gasteiger partial charge in [0.15, 0.2) is 5.96 Å². The molecule has 2 rings (SSSR count). The van der Waals surface area contributed by atoms with E-state index in [0.717, 1.165) is 31.4 Å². The van der Waals surface area contributed by atoms with Gasteiger partial charge < -0.3 is 10.6 Å². The van der Waals surface area contributed by atoms with Gasteiger partial charge in [0.1, 0.15) is 0 Å². The predicted octanol–water partition coefficient (Wildman–Crippen LogP) is 2.71. The quantitative estimate of drug-likeness (QED) is 0.608. The molecule has 1 aliphatic rings. The normalized spacial score (nSPS) is 17.2. The summed E-state index contributed by atoms with van der Waals surface area (Å²) in [7, 11) is -3.46. The van der Waals surface area contributed by atoms with E-state index in [1.165, 1.54) is 0 Å². The van der Waals surface area contributed by atoms with E-state index in [0.29, 0.717) is 30.5 Å². The number of hydrogen-bond donors (Lipinski definition) is 2. The van der Waals surface area contributed by atoms with Crippen LogP contribution in [0, 0.1) is 0 Å². The molecule has 146 valence electrons. The van der Waals surface area contributed by atoms with Gasteiger partial charge in [-0.15, -0.1) is 0 Å². The lowest BCUT2D eigenvalue weighted by Crippen LogP contribution is -2.47. The first-order valence-corrected chi connectivity index (χ1v) is 10.8. The van der Waals surface area contributed by atoms with Crippen molar-refractivity contribution < 1.29 is 8.42 Å². The monoisotopic (exact) mass is 380 g/mol. The molecule has 1 saturated heterocycles. The van der Waals surface area contributed by atoms with E-state index in [1.807, 2.05) is 19.1 Å². The first kappa shape index (κ1) is 20.7. The molecule has 1 aromatic rings. The summed E-state index contributed by atoms with van der Waals surface area (Å²) in [5.74, 6) is 0.685. The minimum absolute atomic E-state index is 0.125. The van der Waals surface area contributed by atoms with E-state index in [2.05, 4.69) is 36.4 Å². The highest BCUT2D eigenvalue weighted by molar-refractivity contribution is 7.89. The van der Waals surface area contributed by atoms with Crippen LogP contribution in [0.4, 0.5) is 0 Å². The number of benzene rings is 1. The Labute approximate surface area is 158 Å². The highest BCUT2D eigenvalue weighted by atomic mass is 32.2. The van der Waals surface area contributed by atoms with Crippen molar-refractivity contribution in [3.05, 3.63) is 29.8 Å². The number of hydrogen-bond acceptors (Lipinski definition) is 3. The SMILES string of the molecule is CCNC(=NCc1ccccc1S(=O)(=O)N1CCCCC1)NC(C)(C)C. The van der Waals surface area contributed by atoms with E-state index in [4.69, 9.17) is 0 Å². The molecule has 0 saturated carbocycles. The van der Waals surface area contributed by atoms with Gasteiger partial charge in [0.2, 0.25) is 10.0 Å². The lowest BCUT2D eigenvalue weighted by molar-refractivity contribution is 0.346. The second-order valence-electron chi connectivity index (χ2n) is 7.64. The Hall–Kier alpha value is -1.60. The molecular weight excluding hydrogens is 348 g/mol. The van der Waals surface area contributed by atoms with Gasteiger partial charge in [0.25, 0.3) is 0 Å². The van der Waals surface area contributed by atoms with Gasteiger partial charge >= 0.3 is 0 Å². The Morgan fingerprint density at radius 3 is 2.42 bits per heavy atom. The van der Waals surface area contributed by atoms with E-state index >= 15 is 0 Å². The highest BCUT2D eigenvalue weighted by Crippen LogP contribution is 2.24. The zero-order chi connectivity index (χ0) is 19.2. The fourth-order valence-corrected chi connectivity index (χ4v) is 4.69. The van der Waals surface area contributed by atoms with Crippen molar-refractivity contribution in [2.24, 2.45) is 4.99 Å². The van der Waals surface area contributed by atoms with Gasteiger partial charge in [0, 0.05) is 25.2 Å². The van der Waals surface area contributed by atoms with E-state index in [1.54, 1.807) is 16.4 Å². The average Bonchev–Trinajstić information content (AvgIpc) is 2.59. The first-order chi connectivity index (χ1) is 12.2. The third-order valence-electron chi connectivity index (χ3n) is 4.15. The van der Waals surface area contributed by atoms with Crippen LogP contribution in [0.15, 0.2) is 34.2 Å². The maximum Gasteiger partial charge on any atom is 0.243 e. The van der Waals surface area contributed by atoms with Crippen LogP contribution in [0.25, 0.3) is 0 Å². The van der Waals surface area contributed by atoms with Gasteiger partial charge in [-0.2, -0.15) is 4.31 Å². The molecule has 1 aromatic carbocycles. The van der Waals surface area contributed by atoms with Crippen LogP contribution in [0.5, 0.6) is 0 Å². The summed E-state index contributed by atoms with van der Waals surface area (Å²) in [5, 5.41) is 6.54. The molecule has 1 aliphatic heterocycles. The Bertz CT molecular complexity index is 717. The molecule has 0 bridgehead atoms. The molecule has 0 spiro atoms. The molecule has 1 fully saturated rings. The molecule has 26 heavy (non-hydrogen) atoms. The Kier molecular flexibility index (Phi) is 7.06. The molecule has 0 atom stereocenters. The van der Waals surface area contributed by atoms with E-state index in [9.17, 15) is 8.42 Å². The molecule has 2 N–H and O–H groups in total. The number of nitrogens with zero attached hydrogens (tertiary/aromatic N) is 2. The van der Waals surface area contributed by atoms with Gasteiger partial charge in [-0.3, -0.25) is 0 Å². The topological polar surface area (TPSA) is 73.8 Å². The number of rotatable bonds is 5. The third kappa shape index (κ3) is 5.71. The maximum absolute atomic E-state index is 13.1. The van der Waals surface area contributed by atoms with Gasteiger partial charge in [-0.05, 0) is 52.2 Å². The summed E-state index contributed by atoms with van der Waals surface area (Å²) in [6, 6.07) is 7.19. The van der Waals surface area contributed by atoms with Crippen LogP contribution in [-0.4, -0.2) is 43.9 Å². The number of piperidine rings is 1. The predicted molar refractivity (Wildman–Crippen MR) is 107 cm³/mol. The summed E-state index contributed by atoms with van der Waals surface area (Å²) in [6.07, 6.45) is 2.96. The number of guanidine groups is 1. The largest absolute Gasteiger partial charge is 0.357 e. The average molecular weight is 381 g/mol. The van der Waals surface area contributed by atoms with Crippen molar-refractivity contribution in [1.82, 2.24) is 14.9 Å². The maximum atomic E-state index is 13.1. The fraction of sp³-hybridized carbons (Fsp3) is 0.632. The molecule has 7 heteroatoms. The molecule has 0 amide bonds. The standard InChI is InChI=1S/C19H32N4O2S/c1-5-20-18(22-19(2,3)4)21-15-16-11-7-8-12-17(16)26(24,25)23-13-9-6-10-14-23/h7-8,11-12H,5-6,9-10,13-15H2,1-4H3,(H2,20,21,22). The second-order valence-corrected chi connectivity index (χ2v) is 9.55. The summed E-state index contributed by atoms with van der Waals surface area (Å²) in [4.78, 5) is 4.97. The summed E-state index contributed by atoms with van der Waals surface area (Å²) in [5.41, 5.74) is 0.601. The molecule has 0 aliphatic carbocycles. The number of aliphatic imine (C=N–C) groups is 1. The summed E-state index contributed by atoms with van der Waals surface area (Å²) >= 11 is 0. The molecule has 0 radical (unpaired) electrons. The van der Waals surface area contributed by atoms with Crippen LogP contribution < -0.4 is 10.6 Å². The summed E-state index contributed by atoms with van der Waals surface area (Å²) in [6.45, 7) is 10.5. The van der Waals surface area contributed by atoms with Crippen LogP contribution >= 0.6 is 0 Å². The van der Waals surface area contributed by atoms with E-state index < -0.39 is 10.0 Å². The van der Waals surface area contributed by atoms with Crippen LogP contribution in [0.1, 0.15) is 52.5 Å². The van der Waals surface area contributed by atoms with Crippen molar-refractivity contribution in [2.45, 2.75) is 63.9 Å². The summed E-state index contributed by atoms with van der Waals surface area (Å²) < 4.78 is 27.7. The highest BCUT2D eigenvalue weighted by Gasteiger charge is 2.27. The smallest absolute Gasteiger partial charge is 0.243 e. The van der Waals surface area contributed by atoms with Crippen molar-refractivity contribution in [3.63, 3.8) is 0 Å². The Morgan fingerprint density at radius 1 is 1.15 bits per heavy atom. The Morgan fingerprint density at radius 2 is 1.81 bits per heavy atom. The molecule has 0 aromatic heterocycles. The third-order valence-corrected chi connectivity index (χ3v) is 6.15. The minimum Gasteiger partial charge on any atom is -0.357 e. The minimum atomic E-state index is -3.46. The van der Waals surface area contributed by atoms with Crippen molar-refractivity contribution in [1.29, 1.82) is 0 Å². The zero-order valence-corrected chi connectivity index (χ0v) is 17.2. The van der Waals surface area contributed by atoms with Crippen LogP contribution in [-0.2, 0) is 16.6 Å². The molecule has 1 heterocycles. The molecule has 0 unspecified atom stereocenters. The lowest BCUT2D eigenvalue weighted by Gasteiger charge is -2.27. The van der Waals surface area contributed by atoms with Crippen molar-refractivity contribution in [3.8, 4) is 0 Å². The fourth-order valence-electron chi connectivity index (χ4n) is 2.96. The van der Waals surface area contributed by atoms with Crippen molar-refractivity contribution >= 4 is 16.0 Å². The van der Waals surface area contributed by atoms with Crippen LogP contribution in [0.3, 0.4) is 0 Å². The van der Waals surface area contributed by atoms with Crippen molar-refractivity contribution in [2.75, 3.05) is 19.6 Å².